The number of nitrogens with two attached hydrogens (primary N) is 1. The van der Waals surface area contributed by atoms with Crippen molar-refractivity contribution in [2.45, 2.75) is 31.8 Å². The summed E-state index contributed by atoms with van der Waals surface area (Å²) in [6, 6.07) is 9.41. The lowest BCUT2D eigenvalue weighted by Crippen LogP contribution is -2.46. The fourth-order valence-corrected chi connectivity index (χ4v) is 2.56. The minimum Gasteiger partial charge on any atom is -0.409 e. The Hall–Kier alpha value is -2.24. The Morgan fingerprint density at radius 3 is 2.80 bits per heavy atom. The fraction of sp³-hybridized carbons (Fsp3) is 0.429. The molecule has 0 aromatic heterocycles. The maximum Gasteiger partial charge on any atom is 0.315 e. The van der Waals surface area contributed by atoms with Crippen LogP contribution in [0.2, 0.25) is 0 Å². The molecular weight excluding hydrogens is 256 g/mol. The third-order valence-electron chi connectivity index (χ3n) is 3.62. The van der Waals surface area contributed by atoms with Gasteiger partial charge in [-0.05, 0) is 18.4 Å². The van der Waals surface area contributed by atoms with Crippen LogP contribution in [0.3, 0.4) is 0 Å². The average molecular weight is 276 g/mol. The molecule has 5 N–H and O–H groups in total. The van der Waals surface area contributed by atoms with Gasteiger partial charge in [0, 0.05) is 18.5 Å². The largest absolute Gasteiger partial charge is 0.409 e. The summed E-state index contributed by atoms with van der Waals surface area (Å²) >= 11 is 0. The zero-order chi connectivity index (χ0) is 14.4. The van der Waals surface area contributed by atoms with E-state index in [2.05, 4.69) is 15.8 Å². The molecule has 2 unspecified atom stereocenters. The molecule has 0 saturated heterocycles. The predicted molar refractivity (Wildman–Crippen MR) is 76.4 cm³/mol. The molecule has 0 heterocycles. The zero-order valence-electron chi connectivity index (χ0n) is 11.2. The molecule has 1 fully saturated rings. The van der Waals surface area contributed by atoms with Crippen molar-refractivity contribution in [2.75, 3.05) is 0 Å². The van der Waals surface area contributed by atoms with Crippen LogP contribution in [0.25, 0.3) is 0 Å². The minimum absolute atomic E-state index is 0.0679. The Labute approximate surface area is 118 Å². The first-order chi connectivity index (χ1) is 9.70. The van der Waals surface area contributed by atoms with Crippen molar-refractivity contribution in [3.63, 3.8) is 0 Å². The maximum absolute atomic E-state index is 11.9. The van der Waals surface area contributed by atoms with E-state index in [1.807, 2.05) is 30.3 Å². The monoisotopic (exact) mass is 276 g/mol. The van der Waals surface area contributed by atoms with Crippen LogP contribution in [0.5, 0.6) is 0 Å². The number of carbonyl (C=O) groups excluding carboxylic acids is 1. The molecule has 2 rings (SSSR count). The molecule has 1 aromatic carbocycles. The molecule has 2 atom stereocenters. The lowest BCUT2D eigenvalue weighted by Gasteiger charge is -2.20. The van der Waals surface area contributed by atoms with E-state index in [4.69, 9.17) is 10.9 Å². The summed E-state index contributed by atoms with van der Waals surface area (Å²) in [5.74, 6) is 0.110. The van der Waals surface area contributed by atoms with Crippen LogP contribution in [0.4, 0.5) is 4.79 Å². The highest BCUT2D eigenvalue weighted by Crippen LogP contribution is 2.25. The van der Waals surface area contributed by atoms with Gasteiger partial charge in [-0.15, -0.1) is 0 Å². The van der Waals surface area contributed by atoms with Gasteiger partial charge in [0.1, 0.15) is 5.84 Å². The Balaban J connectivity index is 1.82. The summed E-state index contributed by atoms with van der Waals surface area (Å²) in [5.41, 5.74) is 6.68. The Morgan fingerprint density at radius 2 is 2.10 bits per heavy atom. The first kappa shape index (κ1) is 14.2. The number of carbonyl (C=O) groups is 1. The number of amidine groups is 1. The van der Waals surface area contributed by atoms with Crippen molar-refractivity contribution in [2.24, 2.45) is 16.8 Å². The van der Waals surface area contributed by atoms with Crippen molar-refractivity contribution in [3.05, 3.63) is 35.9 Å². The van der Waals surface area contributed by atoms with Crippen LogP contribution in [0.15, 0.2) is 35.5 Å². The van der Waals surface area contributed by atoms with E-state index in [9.17, 15) is 4.79 Å². The average Bonchev–Trinajstić information content (AvgIpc) is 2.93. The summed E-state index contributed by atoms with van der Waals surface area (Å²) in [6.07, 6.45) is 2.64. The van der Waals surface area contributed by atoms with Gasteiger partial charge in [0.25, 0.3) is 0 Å². The molecular formula is C14H20N4O2. The first-order valence-electron chi connectivity index (χ1n) is 6.76. The molecule has 108 valence electrons. The molecule has 2 amide bonds. The highest BCUT2D eigenvalue weighted by atomic mass is 16.4. The Kier molecular flexibility index (Phi) is 4.81. The predicted octanol–water partition coefficient (Wildman–Crippen LogP) is 1.40. The number of urea groups is 1. The number of rotatable bonds is 4. The van der Waals surface area contributed by atoms with Gasteiger partial charge in [-0.2, -0.15) is 0 Å². The van der Waals surface area contributed by atoms with E-state index in [1.54, 1.807) is 0 Å². The van der Waals surface area contributed by atoms with Crippen molar-refractivity contribution in [1.29, 1.82) is 0 Å². The number of hydrogen-bond acceptors (Lipinski definition) is 3. The molecule has 1 aliphatic rings. The van der Waals surface area contributed by atoms with Crippen LogP contribution in [-0.2, 0) is 6.54 Å². The van der Waals surface area contributed by atoms with Crippen LogP contribution < -0.4 is 16.4 Å². The van der Waals surface area contributed by atoms with E-state index in [-0.39, 0.29) is 23.8 Å². The lowest BCUT2D eigenvalue weighted by molar-refractivity contribution is 0.235. The summed E-state index contributed by atoms with van der Waals surface area (Å²) in [7, 11) is 0. The maximum atomic E-state index is 11.9. The van der Waals surface area contributed by atoms with Gasteiger partial charge in [-0.1, -0.05) is 41.9 Å². The second kappa shape index (κ2) is 6.79. The van der Waals surface area contributed by atoms with Gasteiger partial charge < -0.3 is 21.6 Å². The number of nitrogens with one attached hydrogen (secondary N) is 2. The van der Waals surface area contributed by atoms with Crippen LogP contribution >= 0.6 is 0 Å². The topological polar surface area (TPSA) is 99.7 Å². The highest BCUT2D eigenvalue weighted by molar-refractivity contribution is 5.84. The van der Waals surface area contributed by atoms with Gasteiger partial charge in [0.2, 0.25) is 0 Å². The van der Waals surface area contributed by atoms with E-state index in [0.717, 1.165) is 24.8 Å². The molecule has 0 aliphatic heterocycles. The van der Waals surface area contributed by atoms with Crippen LogP contribution in [0, 0.1) is 5.92 Å². The number of nitrogens with zero attached hydrogens (tertiary/aromatic N) is 1. The minimum atomic E-state index is -0.225. The van der Waals surface area contributed by atoms with Gasteiger partial charge in [-0.25, -0.2) is 4.79 Å². The van der Waals surface area contributed by atoms with Gasteiger partial charge in [-0.3, -0.25) is 0 Å². The summed E-state index contributed by atoms with van der Waals surface area (Å²) in [4.78, 5) is 11.9. The molecule has 0 bridgehead atoms. The number of benzene rings is 1. The SMILES string of the molecule is N/C(=N/O)C1CCCC1NC(=O)NCc1ccccc1. The second-order valence-electron chi connectivity index (χ2n) is 4.98. The quantitative estimate of drug-likeness (QED) is 0.289. The normalized spacial score (nSPS) is 22.5. The van der Waals surface area contributed by atoms with Crippen molar-refractivity contribution < 1.29 is 10.0 Å². The third kappa shape index (κ3) is 3.63. The first-order valence-corrected chi connectivity index (χ1v) is 6.76. The van der Waals surface area contributed by atoms with E-state index < -0.39 is 0 Å². The van der Waals surface area contributed by atoms with Crippen LogP contribution in [-0.4, -0.2) is 23.1 Å². The second-order valence-corrected chi connectivity index (χ2v) is 4.98. The smallest absolute Gasteiger partial charge is 0.315 e. The summed E-state index contributed by atoms with van der Waals surface area (Å²) < 4.78 is 0. The van der Waals surface area contributed by atoms with Crippen molar-refractivity contribution in [3.8, 4) is 0 Å². The van der Waals surface area contributed by atoms with Crippen LogP contribution in [0.1, 0.15) is 24.8 Å². The number of oxime groups is 1. The number of amides is 2. The molecule has 0 radical (unpaired) electrons. The Morgan fingerprint density at radius 1 is 1.35 bits per heavy atom. The third-order valence-corrected chi connectivity index (χ3v) is 3.62. The molecule has 1 saturated carbocycles. The molecule has 6 nitrogen and oxygen atoms in total. The molecule has 1 aliphatic carbocycles. The molecule has 1 aromatic rings. The van der Waals surface area contributed by atoms with E-state index in [1.165, 1.54) is 0 Å². The van der Waals surface area contributed by atoms with Gasteiger partial charge in [0.05, 0.1) is 0 Å². The fourth-order valence-electron chi connectivity index (χ4n) is 2.56. The lowest BCUT2D eigenvalue weighted by atomic mass is 10.0. The zero-order valence-corrected chi connectivity index (χ0v) is 11.2. The summed E-state index contributed by atoms with van der Waals surface area (Å²) in [5, 5.41) is 17.5. The van der Waals surface area contributed by atoms with E-state index >= 15 is 0 Å². The summed E-state index contributed by atoms with van der Waals surface area (Å²) in [6.45, 7) is 0.480. The Bertz CT molecular complexity index is 475. The highest BCUT2D eigenvalue weighted by Gasteiger charge is 2.31. The van der Waals surface area contributed by atoms with Gasteiger partial charge >= 0.3 is 6.03 Å². The molecule has 0 spiro atoms. The number of hydrogen-bond donors (Lipinski definition) is 4. The molecule has 6 heteroatoms. The van der Waals surface area contributed by atoms with E-state index in [0.29, 0.717) is 6.54 Å². The van der Waals surface area contributed by atoms with Crippen molar-refractivity contribution in [1.82, 2.24) is 10.6 Å². The standard InChI is InChI=1S/C14H20N4O2/c15-13(18-20)11-7-4-8-12(11)17-14(19)16-9-10-5-2-1-3-6-10/h1-3,5-6,11-12,20H,4,7-9H2,(H2,15,18)(H2,16,17,19). The van der Waals surface area contributed by atoms with Crippen molar-refractivity contribution >= 4 is 11.9 Å². The molecule has 20 heavy (non-hydrogen) atoms. The van der Waals surface area contributed by atoms with Gasteiger partial charge in [0.15, 0.2) is 0 Å².